The number of carboxylic acid groups (broad SMARTS) is 1. The highest BCUT2D eigenvalue weighted by Gasteiger charge is 2.28. The Hall–Kier alpha value is -1.06. The Balaban J connectivity index is 4.00. The quantitative estimate of drug-likeness (QED) is 0.582. The molecule has 0 aromatic heterocycles. The molecule has 0 aliphatic carbocycles. The van der Waals surface area contributed by atoms with Crippen LogP contribution in [-0.4, -0.2) is 23.1 Å². The number of carboxylic acids is 1. The van der Waals surface area contributed by atoms with E-state index in [0.29, 0.717) is 0 Å². The fraction of sp³-hybridized carbons (Fsp3) is 0.600. The van der Waals surface area contributed by atoms with Crippen LogP contribution in [0.15, 0.2) is 0 Å². The van der Waals surface area contributed by atoms with Gasteiger partial charge in [-0.25, -0.2) is 9.59 Å². The van der Waals surface area contributed by atoms with E-state index in [9.17, 15) is 9.59 Å². The number of aliphatic carboxylic acids is 1. The van der Waals surface area contributed by atoms with Gasteiger partial charge in [0.15, 0.2) is 0 Å². The van der Waals surface area contributed by atoms with E-state index in [0.717, 1.165) is 6.47 Å². The Morgan fingerprint density at radius 3 is 2.22 bits per heavy atom. The van der Waals surface area contributed by atoms with Gasteiger partial charge in [-0.3, -0.25) is 0 Å². The van der Waals surface area contributed by atoms with E-state index in [1.807, 2.05) is 0 Å². The van der Waals surface area contributed by atoms with Crippen LogP contribution in [-0.2, 0) is 14.3 Å². The molecule has 0 rings (SSSR count). The van der Waals surface area contributed by atoms with E-state index in [-0.39, 0.29) is 0 Å². The Kier molecular flexibility index (Phi) is 2.19. The predicted molar refractivity (Wildman–Crippen MR) is 28.5 cm³/mol. The molecule has 9 heavy (non-hydrogen) atoms. The van der Waals surface area contributed by atoms with Gasteiger partial charge in [0.05, 0.1) is 0 Å². The minimum atomic E-state index is -1.46. The van der Waals surface area contributed by atoms with Crippen molar-refractivity contribution in [3.63, 3.8) is 0 Å². The third-order valence-electron chi connectivity index (χ3n) is 0.812. The molecule has 0 unspecified atom stereocenters. The van der Waals surface area contributed by atoms with Gasteiger partial charge in [-0.1, -0.05) is 0 Å². The maximum absolute atomic E-state index is 10.1. The Bertz CT molecular complexity index is 127. The number of carbonyl (C=O) groups is 1. The molecule has 0 bridgehead atoms. The van der Waals surface area contributed by atoms with Crippen molar-refractivity contribution < 1.29 is 19.4 Å². The second-order valence-electron chi connectivity index (χ2n) is 2.00. The van der Waals surface area contributed by atoms with Crippen LogP contribution in [0.5, 0.6) is 0 Å². The lowest BCUT2D eigenvalue weighted by Crippen LogP contribution is -2.34. The monoisotopic (exact) mass is 131 g/mol. The molecule has 0 aliphatic heterocycles. The van der Waals surface area contributed by atoms with Crippen molar-refractivity contribution >= 4 is 12.4 Å². The molecule has 0 saturated carbocycles. The van der Waals surface area contributed by atoms with E-state index in [2.05, 4.69) is 4.74 Å². The molecule has 0 heterocycles. The van der Waals surface area contributed by atoms with E-state index >= 15 is 0 Å². The first-order valence-electron chi connectivity index (χ1n) is 2.29. The lowest BCUT2D eigenvalue weighted by atomic mass is 10.1. The molecule has 0 aromatic carbocycles. The highest BCUT2D eigenvalue weighted by molar-refractivity contribution is 5.77. The van der Waals surface area contributed by atoms with Crippen LogP contribution in [0.25, 0.3) is 0 Å². The maximum Gasteiger partial charge on any atom is 0.418 e. The average molecular weight is 131 g/mol. The summed E-state index contributed by atoms with van der Waals surface area (Å²) in [6, 6.07) is 0. The molecule has 1 radical (unpaired) electrons. The van der Waals surface area contributed by atoms with Crippen molar-refractivity contribution in [2.24, 2.45) is 0 Å². The van der Waals surface area contributed by atoms with Gasteiger partial charge in [0, 0.05) is 0 Å². The zero-order valence-corrected chi connectivity index (χ0v) is 5.17. The second kappa shape index (κ2) is 2.48. The van der Waals surface area contributed by atoms with Crippen molar-refractivity contribution in [2.75, 3.05) is 0 Å². The summed E-state index contributed by atoms with van der Waals surface area (Å²) in [5.74, 6) is -1.19. The lowest BCUT2D eigenvalue weighted by Gasteiger charge is -2.14. The van der Waals surface area contributed by atoms with Crippen LogP contribution in [0.4, 0.5) is 0 Å². The minimum Gasteiger partial charge on any atom is -0.478 e. The number of hydrogen-bond acceptors (Lipinski definition) is 3. The highest BCUT2D eigenvalue weighted by Crippen LogP contribution is 2.05. The summed E-state index contributed by atoms with van der Waals surface area (Å²) in [5.41, 5.74) is -1.46. The van der Waals surface area contributed by atoms with Crippen LogP contribution < -0.4 is 0 Å². The van der Waals surface area contributed by atoms with Gasteiger partial charge in [0.1, 0.15) is 0 Å². The summed E-state index contributed by atoms with van der Waals surface area (Å²) in [4.78, 5) is 19.6. The number of rotatable bonds is 3. The van der Waals surface area contributed by atoms with Crippen LogP contribution in [0.1, 0.15) is 13.8 Å². The molecule has 0 fully saturated rings. The number of ether oxygens (including phenoxy) is 1. The summed E-state index contributed by atoms with van der Waals surface area (Å²) in [7, 11) is 0. The average Bonchev–Trinajstić information content (AvgIpc) is 1.65. The lowest BCUT2D eigenvalue weighted by molar-refractivity contribution is -0.153. The Morgan fingerprint density at radius 1 is 1.67 bits per heavy atom. The van der Waals surface area contributed by atoms with Crippen LogP contribution in [0.2, 0.25) is 0 Å². The van der Waals surface area contributed by atoms with E-state index in [1.54, 1.807) is 0 Å². The standard InChI is InChI=1S/C5H7O4/c1-5(2,4(7)8)9-3-6/h1-2H3,(H,7,8). The first-order chi connectivity index (χ1) is 4.00. The fourth-order valence-electron chi connectivity index (χ4n) is 0.148. The largest absolute Gasteiger partial charge is 0.478 e. The second-order valence-corrected chi connectivity index (χ2v) is 2.00. The van der Waals surface area contributed by atoms with Gasteiger partial charge in [0.25, 0.3) is 0 Å². The summed E-state index contributed by atoms with van der Waals surface area (Å²) >= 11 is 0. The van der Waals surface area contributed by atoms with Crippen molar-refractivity contribution in [3.8, 4) is 0 Å². The molecule has 4 nitrogen and oxygen atoms in total. The summed E-state index contributed by atoms with van der Waals surface area (Å²) in [6.45, 7) is 3.59. The Labute approximate surface area is 52.4 Å². The van der Waals surface area contributed by atoms with Gasteiger partial charge >= 0.3 is 12.4 Å². The fourth-order valence-corrected chi connectivity index (χ4v) is 0.148. The first kappa shape index (κ1) is 7.94. The molecule has 0 saturated heterocycles. The summed E-state index contributed by atoms with van der Waals surface area (Å²) in [6.07, 6.45) is 0. The number of hydrogen-bond donors (Lipinski definition) is 1. The van der Waals surface area contributed by atoms with E-state index in [4.69, 9.17) is 5.11 Å². The van der Waals surface area contributed by atoms with Crippen molar-refractivity contribution in [3.05, 3.63) is 0 Å². The molecule has 0 aliphatic rings. The smallest absolute Gasteiger partial charge is 0.418 e. The molecular formula is C5H7O4. The topological polar surface area (TPSA) is 63.6 Å². The molecule has 0 spiro atoms. The molecule has 0 atom stereocenters. The van der Waals surface area contributed by atoms with Gasteiger partial charge in [-0.2, -0.15) is 0 Å². The third kappa shape index (κ3) is 2.12. The highest BCUT2D eigenvalue weighted by atomic mass is 16.6. The molecule has 4 heteroatoms. The van der Waals surface area contributed by atoms with Crippen LogP contribution in [0, 0.1) is 0 Å². The van der Waals surface area contributed by atoms with E-state index in [1.165, 1.54) is 13.8 Å². The molecule has 51 valence electrons. The minimum absolute atomic E-state index is 1.06. The van der Waals surface area contributed by atoms with Gasteiger partial charge in [-0.15, -0.1) is 0 Å². The summed E-state index contributed by atoms with van der Waals surface area (Å²) in [5, 5.41) is 8.27. The maximum atomic E-state index is 10.1. The zero-order valence-electron chi connectivity index (χ0n) is 5.17. The van der Waals surface area contributed by atoms with Crippen molar-refractivity contribution in [1.82, 2.24) is 0 Å². The van der Waals surface area contributed by atoms with Gasteiger partial charge in [0.2, 0.25) is 5.60 Å². The zero-order chi connectivity index (χ0) is 7.49. The third-order valence-corrected chi connectivity index (χ3v) is 0.812. The Morgan fingerprint density at radius 2 is 2.11 bits per heavy atom. The van der Waals surface area contributed by atoms with Gasteiger partial charge in [-0.05, 0) is 13.8 Å². The molecular weight excluding hydrogens is 124 g/mol. The van der Waals surface area contributed by atoms with Crippen LogP contribution in [0.3, 0.4) is 0 Å². The molecule has 0 aromatic rings. The molecule has 0 amide bonds. The predicted octanol–water partition coefficient (Wildman–Crippen LogP) is -0.0666. The van der Waals surface area contributed by atoms with Gasteiger partial charge < -0.3 is 9.84 Å². The van der Waals surface area contributed by atoms with E-state index < -0.39 is 11.6 Å². The molecule has 1 N–H and O–H groups in total. The van der Waals surface area contributed by atoms with Crippen molar-refractivity contribution in [1.29, 1.82) is 0 Å². The van der Waals surface area contributed by atoms with Crippen molar-refractivity contribution in [2.45, 2.75) is 19.4 Å². The normalized spacial score (nSPS) is 10.4. The number of carbonyl (C=O) groups excluding carboxylic acids is 1. The summed E-state index contributed by atoms with van der Waals surface area (Å²) < 4.78 is 4.09. The van der Waals surface area contributed by atoms with Crippen LogP contribution >= 0.6 is 0 Å². The SMILES string of the molecule is CC(C)(O[C]=O)C(=O)O. The first-order valence-corrected chi connectivity index (χ1v) is 2.29.